The Morgan fingerprint density at radius 2 is 2.11 bits per heavy atom. The number of aliphatic carboxylic acids is 1. The van der Waals surface area contributed by atoms with Crippen LogP contribution in [0.25, 0.3) is 0 Å². The number of carboxylic acids is 1. The monoisotopic (exact) mass is 349 g/mol. The van der Waals surface area contributed by atoms with E-state index in [1.165, 1.54) is 16.4 Å². The van der Waals surface area contributed by atoms with Gasteiger partial charge in [-0.15, -0.1) is 0 Å². The normalized spacial score (nSPS) is 13.5. The molecule has 0 fully saturated rings. The lowest BCUT2D eigenvalue weighted by Crippen LogP contribution is -2.39. The lowest BCUT2D eigenvalue weighted by atomic mass is 10.2. The minimum Gasteiger partial charge on any atom is -0.481 e. The fourth-order valence-corrected chi connectivity index (χ4v) is 4.07. The largest absolute Gasteiger partial charge is 0.481 e. The maximum atomic E-state index is 12.5. The van der Waals surface area contributed by atoms with Gasteiger partial charge in [-0.05, 0) is 25.1 Å². The number of halogens is 1. The maximum absolute atomic E-state index is 12.5. The Kier molecular flexibility index (Phi) is 5.51. The van der Waals surface area contributed by atoms with Crippen molar-refractivity contribution in [2.45, 2.75) is 31.2 Å². The molecule has 1 rings (SSSR count). The number of carbonyl (C=O) groups is 1. The molecule has 0 aliphatic rings. The summed E-state index contributed by atoms with van der Waals surface area (Å²) in [6, 6.07) is 5.77. The number of hydrogen-bond acceptors (Lipinski definition) is 3. The van der Waals surface area contributed by atoms with Crippen LogP contribution in [0.2, 0.25) is 0 Å². The number of nitrogens with zero attached hydrogens (tertiary/aromatic N) is 1. The van der Waals surface area contributed by atoms with E-state index in [-0.39, 0.29) is 17.9 Å². The maximum Gasteiger partial charge on any atom is 0.304 e. The molecule has 106 valence electrons. The highest BCUT2D eigenvalue weighted by molar-refractivity contribution is 9.10. The third-order valence-corrected chi connectivity index (χ3v) is 5.25. The predicted octanol–water partition coefficient (Wildman–Crippen LogP) is 2.32. The van der Waals surface area contributed by atoms with E-state index in [0.29, 0.717) is 4.47 Å². The molecule has 0 aliphatic heterocycles. The van der Waals surface area contributed by atoms with E-state index in [0.717, 1.165) is 0 Å². The van der Waals surface area contributed by atoms with Crippen LogP contribution < -0.4 is 0 Å². The molecule has 7 heteroatoms. The number of carboxylic acid groups (broad SMARTS) is 1. The van der Waals surface area contributed by atoms with E-state index >= 15 is 0 Å². The molecule has 5 nitrogen and oxygen atoms in total. The summed E-state index contributed by atoms with van der Waals surface area (Å²) in [4.78, 5) is 10.9. The predicted molar refractivity (Wildman–Crippen MR) is 75.4 cm³/mol. The summed E-state index contributed by atoms with van der Waals surface area (Å²) in [6.45, 7) is 3.50. The highest BCUT2D eigenvalue weighted by Gasteiger charge is 2.28. The topological polar surface area (TPSA) is 74.7 Å². The van der Waals surface area contributed by atoms with E-state index in [4.69, 9.17) is 5.11 Å². The second kappa shape index (κ2) is 6.49. The lowest BCUT2D eigenvalue weighted by Gasteiger charge is -2.26. The minimum absolute atomic E-state index is 0.154. The van der Waals surface area contributed by atoms with Gasteiger partial charge in [0.1, 0.15) is 0 Å². The van der Waals surface area contributed by atoms with Crippen molar-refractivity contribution in [3.63, 3.8) is 0 Å². The van der Waals surface area contributed by atoms with Crippen LogP contribution in [0.3, 0.4) is 0 Å². The van der Waals surface area contributed by atoms with Crippen molar-refractivity contribution in [2.75, 3.05) is 6.54 Å². The first-order valence-corrected chi connectivity index (χ1v) is 8.01. The molecule has 1 aromatic carbocycles. The van der Waals surface area contributed by atoms with E-state index in [1.54, 1.807) is 26.0 Å². The molecule has 1 atom stereocenters. The molecule has 0 aromatic heterocycles. The number of sulfonamides is 1. The quantitative estimate of drug-likeness (QED) is 0.855. The van der Waals surface area contributed by atoms with Crippen LogP contribution in [0.5, 0.6) is 0 Å². The Morgan fingerprint density at radius 3 is 2.58 bits per heavy atom. The SMILES string of the molecule is CCN(C(C)CC(=O)O)S(=O)(=O)c1cccc(Br)c1. The highest BCUT2D eigenvalue weighted by Crippen LogP contribution is 2.22. The standard InChI is InChI=1S/C12H16BrNO4S/c1-3-14(9(2)7-12(15)16)19(17,18)11-6-4-5-10(13)8-11/h4-6,8-9H,3,7H2,1-2H3,(H,15,16). The van der Waals surface area contributed by atoms with Crippen LogP contribution in [0.15, 0.2) is 33.6 Å². The van der Waals surface area contributed by atoms with E-state index in [1.807, 2.05) is 0 Å². The van der Waals surface area contributed by atoms with Crippen molar-refractivity contribution in [2.24, 2.45) is 0 Å². The van der Waals surface area contributed by atoms with Crippen LogP contribution in [0.1, 0.15) is 20.3 Å². The third kappa shape index (κ3) is 4.02. The van der Waals surface area contributed by atoms with Gasteiger partial charge in [-0.25, -0.2) is 8.42 Å². The summed E-state index contributed by atoms with van der Waals surface area (Å²) in [5, 5.41) is 8.78. The van der Waals surface area contributed by atoms with Crippen LogP contribution in [-0.4, -0.2) is 36.4 Å². The molecule has 0 heterocycles. The van der Waals surface area contributed by atoms with Crippen molar-refractivity contribution in [1.82, 2.24) is 4.31 Å². The molecule has 0 saturated carbocycles. The Morgan fingerprint density at radius 1 is 1.47 bits per heavy atom. The van der Waals surface area contributed by atoms with E-state index in [2.05, 4.69) is 15.9 Å². The van der Waals surface area contributed by atoms with Crippen LogP contribution >= 0.6 is 15.9 Å². The number of rotatable bonds is 6. The van der Waals surface area contributed by atoms with Crippen molar-refractivity contribution in [3.8, 4) is 0 Å². The zero-order valence-corrected chi connectivity index (χ0v) is 13.1. The molecule has 1 N–H and O–H groups in total. The summed E-state index contributed by atoms with van der Waals surface area (Å²) in [5.74, 6) is -1.02. The molecule has 0 saturated heterocycles. The molecule has 0 amide bonds. The molecule has 1 aromatic rings. The Bertz CT molecular complexity index is 559. The van der Waals surface area contributed by atoms with E-state index in [9.17, 15) is 13.2 Å². The Labute approximate surface area is 121 Å². The summed E-state index contributed by atoms with van der Waals surface area (Å²) >= 11 is 3.23. The van der Waals surface area contributed by atoms with Gasteiger partial charge >= 0.3 is 5.97 Å². The molecule has 19 heavy (non-hydrogen) atoms. The summed E-state index contributed by atoms with van der Waals surface area (Å²) in [5.41, 5.74) is 0. The van der Waals surface area contributed by atoms with Gasteiger partial charge in [0, 0.05) is 17.1 Å². The van der Waals surface area contributed by atoms with Crippen LogP contribution in [0.4, 0.5) is 0 Å². The van der Waals surface area contributed by atoms with Gasteiger partial charge in [0.15, 0.2) is 0 Å². The molecule has 1 unspecified atom stereocenters. The zero-order valence-electron chi connectivity index (χ0n) is 10.7. The molecule has 0 bridgehead atoms. The third-order valence-electron chi connectivity index (χ3n) is 2.68. The highest BCUT2D eigenvalue weighted by atomic mass is 79.9. The van der Waals surface area contributed by atoms with Gasteiger partial charge in [-0.2, -0.15) is 4.31 Å². The lowest BCUT2D eigenvalue weighted by molar-refractivity contribution is -0.137. The fraction of sp³-hybridized carbons (Fsp3) is 0.417. The first-order chi connectivity index (χ1) is 8.78. The number of benzene rings is 1. The van der Waals surface area contributed by atoms with Crippen LogP contribution in [-0.2, 0) is 14.8 Å². The average Bonchev–Trinajstić information content (AvgIpc) is 2.28. The van der Waals surface area contributed by atoms with Crippen molar-refractivity contribution in [3.05, 3.63) is 28.7 Å². The fourth-order valence-electron chi connectivity index (χ4n) is 1.84. The van der Waals surface area contributed by atoms with Crippen molar-refractivity contribution >= 4 is 31.9 Å². The van der Waals surface area contributed by atoms with Crippen LogP contribution in [0, 0.1) is 0 Å². The average molecular weight is 350 g/mol. The van der Waals surface area contributed by atoms with E-state index < -0.39 is 22.0 Å². The minimum atomic E-state index is -3.68. The first-order valence-electron chi connectivity index (χ1n) is 5.78. The Balaban J connectivity index is 3.12. The molecule has 0 radical (unpaired) electrons. The second-order valence-corrected chi connectivity index (χ2v) is 6.92. The smallest absolute Gasteiger partial charge is 0.304 e. The molecule has 0 spiro atoms. The van der Waals surface area contributed by atoms with Gasteiger partial charge < -0.3 is 5.11 Å². The Hall–Kier alpha value is -0.920. The van der Waals surface area contributed by atoms with Gasteiger partial charge in [0.25, 0.3) is 0 Å². The summed E-state index contributed by atoms with van der Waals surface area (Å²) in [7, 11) is -3.68. The van der Waals surface area contributed by atoms with Gasteiger partial charge in [0.2, 0.25) is 10.0 Å². The molecular weight excluding hydrogens is 334 g/mol. The van der Waals surface area contributed by atoms with Crippen molar-refractivity contribution < 1.29 is 18.3 Å². The van der Waals surface area contributed by atoms with Gasteiger partial charge in [-0.3, -0.25) is 4.79 Å². The zero-order chi connectivity index (χ0) is 14.6. The summed E-state index contributed by atoms with van der Waals surface area (Å²) in [6.07, 6.45) is -0.221. The molecule has 0 aliphatic carbocycles. The number of hydrogen-bond donors (Lipinski definition) is 1. The van der Waals surface area contributed by atoms with Gasteiger partial charge in [0.05, 0.1) is 11.3 Å². The summed E-state index contributed by atoms with van der Waals surface area (Å²) < 4.78 is 26.8. The molecular formula is C12H16BrNO4S. The first kappa shape index (κ1) is 16.1. The van der Waals surface area contributed by atoms with Crippen molar-refractivity contribution in [1.29, 1.82) is 0 Å². The second-order valence-electron chi connectivity index (χ2n) is 4.11. The van der Waals surface area contributed by atoms with Gasteiger partial charge in [-0.1, -0.05) is 28.9 Å².